The molecule has 2 fully saturated rings. The predicted octanol–water partition coefficient (Wildman–Crippen LogP) is 8.34. The monoisotopic (exact) mass is 398 g/mol. The van der Waals surface area contributed by atoms with Crippen molar-refractivity contribution in [3.05, 3.63) is 47.0 Å². The Labute approximate surface area is 172 Å². The van der Waals surface area contributed by atoms with Gasteiger partial charge in [-0.1, -0.05) is 51.0 Å². The summed E-state index contributed by atoms with van der Waals surface area (Å²) in [5.74, 6) is 3.45. The SMILES string of the molecule is CC1CCC2CC(C)CCC2C1.Cc1ccc2c(oc3c(F)c(C)ccc32)c1F. The maximum atomic E-state index is 13.9. The van der Waals surface area contributed by atoms with Crippen molar-refractivity contribution in [2.75, 3.05) is 0 Å². The highest BCUT2D eigenvalue weighted by Crippen LogP contribution is 2.44. The average molecular weight is 399 g/mol. The van der Waals surface area contributed by atoms with E-state index in [-0.39, 0.29) is 11.2 Å². The fraction of sp³-hybridized carbons (Fsp3) is 0.538. The number of hydrogen-bond donors (Lipinski definition) is 0. The standard InChI is InChI=1S/C14H10F2O.C12H22/c1-7-3-5-9-10-6-4-8(2)12(16)14(10)17-13(9)11(7)15;1-9-3-5-12-8-10(2)4-6-11(12)7-9/h3-6H,1-2H3;9-12H,3-8H2,1-2H3. The molecule has 2 aromatic carbocycles. The second kappa shape index (κ2) is 8.08. The van der Waals surface area contributed by atoms with E-state index in [1.165, 1.54) is 38.5 Å². The lowest BCUT2D eigenvalue weighted by atomic mass is 9.65. The van der Waals surface area contributed by atoms with E-state index in [0.717, 1.165) is 23.7 Å². The van der Waals surface area contributed by atoms with Crippen LogP contribution in [0.2, 0.25) is 0 Å². The fourth-order valence-electron chi connectivity index (χ4n) is 5.39. The van der Waals surface area contributed by atoms with Crippen molar-refractivity contribution in [1.82, 2.24) is 0 Å². The molecule has 0 radical (unpaired) electrons. The number of benzene rings is 2. The van der Waals surface area contributed by atoms with E-state index in [0.29, 0.717) is 21.9 Å². The highest BCUT2D eigenvalue weighted by molar-refractivity contribution is 6.05. The minimum atomic E-state index is -0.421. The summed E-state index contributed by atoms with van der Waals surface area (Å²) < 4.78 is 33.0. The van der Waals surface area contributed by atoms with Gasteiger partial charge in [0.1, 0.15) is 0 Å². The highest BCUT2D eigenvalue weighted by Gasteiger charge is 2.32. The third-order valence-corrected chi connectivity index (χ3v) is 7.21. The van der Waals surface area contributed by atoms with Gasteiger partial charge in [-0.2, -0.15) is 0 Å². The molecule has 1 heterocycles. The lowest BCUT2D eigenvalue weighted by Crippen LogP contribution is -2.29. The number of halogens is 2. The minimum absolute atomic E-state index is 0.129. The first-order chi connectivity index (χ1) is 13.8. The Kier molecular flexibility index (Phi) is 5.68. The molecule has 2 aliphatic carbocycles. The second-order valence-corrected chi connectivity index (χ2v) is 9.60. The first-order valence-electron chi connectivity index (χ1n) is 11.1. The summed E-state index contributed by atoms with van der Waals surface area (Å²) in [4.78, 5) is 0. The molecule has 2 saturated carbocycles. The summed E-state index contributed by atoms with van der Waals surface area (Å²) in [5, 5.41) is 1.23. The molecular formula is C26H32F2O. The summed E-state index contributed by atoms with van der Waals surface area (Å²) in [6, 6.07) is 6.86. The molecule has 0 amide bonds. The summed E-state index contributed by atoms with van der Waals surface area (Å²) in [6.07, 6.45) is 9.17. The number of aryl methyl sites for hydroxylation is 2. The average Bonchev–Trinajstić information content (AvgIpc) is 3.08. The van der Waals surface area contributed by atoms with Crippen LogP contribution < -0.4 is 0 Å². The molecule has 1 aromatic heterocycles. The minimum Gasteiger partial charge on any atom is -0.450 e. The van der Waals surface area contributed by atoms with Gasteiger partial charge in [0, 0.05) is 10.8 Å². The van der Waals surface area contributed by atoms with Crippen molar-refractivity contribution < 1.29 is 13.2 Å². The van der Waals surface area contributed by atoms with Crippen LogP contribution in [0.25, 0.3) is 21.9 Å². The Balaban J connectivity index is 0.000000150. The topological polar surface area (TPSA) is 13.1 Å². The van der Waals surface area contributed by atoms with Gasteiger partial charge >= 0.3 is 0 Å². The molecule has 0 aliphatic heterocycles. The summed E-state index contributed by atoms with van der Waals surface area (Å²) in [6.45, 7) is 8.19. The van der Waals surface area contributed by atoms with Gasteiger partial charge in [-0.3, -0.25) is 0 Å². The fourth-order valence-corrected chi connectivity index (χ4v) is 5.39. The van der Waals surface area contributed by atoms with Gasteiger partial charge in [0.2, 0.25) is 0 Å². The molecule has 5 rings (SSSR count). The van der Waals surface area contributed by atoms with Gasteiger partial charge in [-0.15, -0.1) is 0 Å². The Bertz CT molecular complexity index is 938. The van der Waals surface area contributed by atoms with Gasteiger partial charge in [-0.25, -0.2) is 8.78 Å². The maximum Gasteiger partial charge on any atom is 0.171 e. The summed E-state index contributed by atoms with van der Waals surface area (Å²) in [5.41, 5.74) is 1.25. The van der Waals surface area contributed by atoms with Gasteiger partial charge in [0.25, 0.3) is 0 Å². The van der Waals surface area contributed by atoms with E-state index >= 15 is 0 Å². The number of hydrogen-bond acceptors (Lipinski definition) is 1. The van der Waals surface area contributed by atoms with Crippen molar-refractivity contribution in [3.63, 3.8) is 0 Å². The van der Waals surface area contributed by atoms with Crippen molar-refractivity contribution in [2.45, 2.75) is 66.2 Å². The van der Waals surface area contributed by atoms with Gasteiger partial charge in [-0.05, 0) is 74.3 Å². The smallest absolute Gasteiger partial charge is 0.171 e. The zero-order chi connectivity index (χ0) is 20.7. The van der Waals surface area contributed by atoms with E-state index < -0.39 is 11.6 Å². The van der Waals surface area contributed by atoms with E-state index in [1.807, 2.05) is 0 Å². The molecule has 2 aliphatic rings. The lowest BCUT2D eigenvalue weighted by molar-refractivity contribution is 0.109. The third kappa shape index (κ3) is 3.93. The van der Waals surface area contributed by atoms with Crippen molar-refractivity contribution in [1.29, 1.82) is 0 Å². The molecule has 0 N–H and O–H groups in total. The lowest BCUT2D eigenvalue weighted by Gasteiger charge is -2.40. The molecule has 4 unspecified atom stereocenters. The molecule has 3 heteroatoms. The van der Waals surface area contributed by atoms with E-state index in [1.54, 1.807) is 38.1 Å². The molecular weight excluding hydrogens is 366 g/mol. The molecule has 3 aromatic rings. The van der Waals surface area contributed by atoms with E-state index in [4.69, 9.17) is 4.42 Å². The van der Waals surface area contributed by atoms with Crippen LogP contribution in [-0.4, -0.2) is 0 Å². The van der Waals surface area contributed by atoms with E-state index in [9.17, 15) is 8.78 Å². The molecule has 4 atom stereocenters. The van der Waals surface area contributed by atoms with Crippen LogP contribution >= 0.6 is 0 Å². The number of furan rings is 1. The summed E-state index contributed by atoms with van der Waals surface area (Å²) in [7, 11) is 0. The maximum absolute atomic E-state index is 13.9. The normalized spacial score (nSPS) is 26.8. The Morgan fingerprint density at radius 2 is 1.10 bits per heavy atom. The van der Waals surface area contributed by atoms with Gasteiger partial charge in [0.15, 0.2) is 22.8 Å². The largest absolute Gasteiger partial charge is 0.450 e. The van der Waals surface area contributed by atoms with E-state index in [2.05, 4.69) is 13.8 Å². The number of fused-ring (bicyclic) bond motifs is 4. The van der Waals surface area contributed by atoms with Crippen LogP contribution in [0.3, 0.4) is 0 Å². The van der Waals surface area contributed by atoms with Crippen molar-refractivity contribution in [2.24, 2.45) is 23.7 Å². The second-order valence-electron chi connectivity index (χ2n) is 9.60. The Morgan fingerprint density at radius 1 is 0.690 bits per heavy atom. The van der Waals surface area contributed by atoms with Crippen LogP contribution in [-0.2, 0) is 0 Å². The summed E-state index contributed by atoms with van der Waals surface area (Å²) >= 11 is 0. The van der Waals surface area contributed by atoms with Crippen LogP contribution in [0.5, 0.6) is 0 Å². The van der Waals surface area contributed by atoms with Crippen LogP contribution in [0.15, 0.2) is 28.7 Å². The van der Waals surface area contributed by atoms with Crippen molar-refractivity contribution in [3.8, 4) is 0 Å². The van der Waals surface area contributed by atoms with Gasteiger partial charge < -0.3 is 4.42 Å². The first-order valence-corrected chi connectivity index (χ1v) is 11.1. The molecule has 29 heavy (non-hydrogen) atoms. The molecule has 0 spiro atoms. The Hall–Kier alpha value is -1.90. The zero-order valence-electron chi connectivity index (χ0n) is 18.0. The third-order valence-electron chi connectivity index (χ3n) is 7.21. The van der Waals surface area contributed by atoms with Crippen LogP contribution in [0, 0.1) is 49.2 Å². The first kappa shape index (κ1) is 20.4. The van der Waals surface area contributed by atoms with Crippen LogP contribution in [0.1, 0.15) is 63.5 Å². The molecule has 156 valence electrons. The van der Waals surface area contributed by atoms with Gasteiger partial charge in [0.05, 0.1) is 0 Å². The Morgan fingerprint density at radius 3 is 1.52 bits per heavy atom. The molecule has 1 nitrogen and oxygen atoms in total. The van der Waals surface area contributed by atoms with Crippen molar-refractivity contribution >= 4 is 21.9 Å². The number of rotatable bonds is 0. The molecule has 0 bridgehead atoms. The van der Waals surface area contributed by atoms with Crippen LogP contribution in [0.4, 0.5) is 8.78 Å². The zero-order valence-corrected chi connectivity index (χ0v) is 18.0. The molecule has 0 saturated heterocycles. The quantitative estimate of drug-likeness (QED) is 0.371. The predicted molar refractivity (Wildman–Crippen MR) is 116 cm³/mol. The highest BCUT2D eigenvalue weighted by atomic mass is 19.1.